The summed E-state index contributed by atoms with van der Waals surface area (Å²) < 4.78 is 2.27. The van der Waals surface area contributed by atoms with Gasteiger partial charge < -0.3 is 8.97 Å². The quantitative estimate of drug-likeness (QED) is 0.0515. The summed E-state index contributed by atoms with van der Waals surface area (Å²) in [5.41, 5.74) is 0. The highest BCUT2D eigenvalue weighted by Gasteiger charge is 2.20. The molecule has 0 saturated heterocycles. The van der Waals surface area contributed by atoms with E-state index in [2.05, 4.69) is 65.5 Å². The van der Waals surface area contributed by atoms with Gasteiger partial charge in [0.1, 0.15) is 13.1 Å². The Morgan fingerprint density at radius 1 is 0.356 bits per heavy atom. The molecule has 1 heterocycles. The highest BCUT2D eigenvalue weighted by molar-refractivity contribution is 7.11. The van der Waals surface area contributed by atoms with Crippen LogP contribution in [0.5, 0.6) is 0 Å². The molecule has 0 fully saturated rings. The van der Waals surface area contributed by atoms with Gasteiger partial charge in [-0.25, -0.2) is 0 Å². The molecule has 2 nitrogen and oxygen atoms in total. The van der Waals surface area contributed by atoms with Crippen molar-refractivity contribution < 1.29 is 8.97 Å². The zero-order chi connectivity index (χ0) is 32.9. The minimum atomic E-state index is 1.13. The summed E-state index contributed by atoms with van der Waals surface area (Å²) in [6.07, 6.45) is 40.4. The van der Waals surface area contributed by atoms with E-state index < -0.39 is 0 Å². The Kier molecular flexibility index (Phi) is 27.1. The molecule has 0 unspecified atom stereocenters. The van der Waals surface area contributed by atoms with Gasteiger partial charge in [0, 0.05) is 0 Å². The largest absolute Gasteiger partial charge is 0.324 e. The van der Waals surface area contributed by atoms with Crippen molar-refractivity contribution in [3.63, 3.8) is 0 Å². The monoisotopic (exact) mass is 649 g/mol. The van der Waals surface area contributed by atoms with Gasteiger partial charge in [0.25, 0.3) is 0 Å². The van der Waals surface area contributed by atoms with E-state index >= 15 is 0 Å². The highest BCUT2D eigenvalue weighted by atomic mass is 32.1. The Morgan fingerprint density at radius 3 is 0.822 bits per heavy atom. The predicted molar refractivity (Wildman–Crippen MR) is 206 cm³/mol. The number of hydrogen-bond acceptors (Lipinski definition) is 1. The van der Waals surface area contributed by atoms with Crippen LogP contribution in [-0.2, 0) is 13.1 Å². The van der Waals surface area contributed by atoms with E-state index in [0.29, 0.717) is 0 Å². The second-order valence-electron chi connectivity index (χ2n) is 16.2. The molecule has 3 heteroatoms. The fraction of sp³-hybridized carbons (Fsp3) is 0.905. The van der Waals surface area contributed by atoms with Crippen LogP contribution < -0.4 is 0 Å². The minimum Gasteiger partial charge on any atom is -0.324 e. The van der Waals surface area contributed by atoms with Crippen LogP contribution >= 0.6 is 11.3 Å². The molecule has 1 aromatic heterocycles. The first-order valence-corrected chi connectivity index (χ1v) is 21.3. The van der Waals surface area contributed by atoms with Crippen LogP contribution in [0.1, 0.15) is 203 Å². The minimum absolute atomic E-state index is 1.13. The molecule has 266 valence electrons. The molecule has 0 saturated carbocycles. The van der Waals surface area contributed by atoms with Gasteiger partial charge >= 0.3 is 0 Å². The maximum atomic E-state index is 2.44. The zero-order valence-electron chi connectivity index (χ0n) is 32.1. The molecular weight excluding hydrogens is 565 g/mol. The van der Waals surface area contributed by atoms with E-state index in [-0.39, 0.29) is 0 Å². The van der Waals surface area contributed by atoms with Gasteiger partial charge in [-0.2, -0.15) is 0 Å². The maximum Gasteiger partial charge on any atom is 0.113 e. The maximum absolute atomic E-state index is 2.44. The molecule has 0 radical (unpaired) electrons. The number of nitrogens with zero attached hydrogens (tertiary/aromatic N) is 2. The summed E-state index contributed by atoms with van der Waals surface area (Å²) in [5, 5.41) is 0. The summed E-state index contributed by atoms with van der Waals surface area (Å²) >= 11 is 2.08. The SMILES string of the molecule is CCCCCCCCCCCCCCCC[N+](C)(C)Cc1ccc(C[N+](C)(C)CCCCCCCCCCCCCCCC)s1. The van der Waals surface area contributed by atoms with Crippen molar-refractivity contribution in [3.05, 3.63) is 21.9 Å². The third kappa shape index (κ3) is 27.3. The van der Waals surface area contributed by atoms with Crippen LogP contribution in [0.25, 0.3) is 0 Å². The van der Waals surface area contributed by atoms with Gasteiger partial charge in [0.15, 0.2) is 0 Å². The molecule has 0 aliphatic carbocycles. The molecule has 0 spiro atoms. The second kappa shape index (κ2) is 28.6. The molecule has 0 bridgehead atoms. The second-order valence-corrected chi connectivity index (χ2v) is 17.4. The summed E-state index contributed by atoms with van der Waals surface area (Å²) in [4.78, 5) is 3.16. The Balaban J connectivity index is 2.04. The lowest BCUT2D eigenvalue weighted by molar-refractivity contribution is -0.903. The van der Waals surface area contributed by atoms with Crippen molar-refractivity contribution in [2.75, 3.05) is 41.3 Å². The summed E-state index contributed by atoms with van der Waals surface area (Å²) in [6.45, 7) is 9.62. The Hall–Kier alpha value is -0.380. The molecule has 1 aromatic rings. The average molecular weight is 649 g/mol. The number of quaternary nitrogens is 2. The van der Waals surface area contributed by atoms with Gasteiger partial charge in [0.05, 0.1) is 51.0 Å². The van der Waals surface area contributed by atoms with E-state index in [9.17, 15) is 0 Å². The normalized spacial score (nSPS) is 12.4. The van der Waals surface area contributed by atoms with Gasteiger partial charge in [-0.05, 0) is 37.8 Å². The fourth-order valence-electron chi connectivity index (χ4n) is 7.06. The zero-order valence-corrected chi connectivity index (χ0v) is 32.9. The first-order valence-electron chi connectivity index (χ1n) is 20.5. The average Bonchev–Trinajstić information content (AvgIpc) is 3.42. The first kappa shape index (κ1) is 42.6. The van der Waals surface area contributed by atoms with E-state index in [1.54, 1.807) is 9.75 Å². The smallest absolute Gasteiger partial charge is 0.113 e. The highest BCUT2D eigenvalue weighted by Crippen LogP contribution is 2.24. The third-order valence-electron chi connectivity index (χ3n) is 10.1. The van der Waals surface area contributed by atoms with Crippen molar-refractivity contribution in [3.8, 4) is 0 Å². The summed E-state index contributed by atoms with van der Waals surface area (Å²) in [6, 6.07) is 4.86. The summed E-state index contributed by atoms with van der Waals surface area (Å²) in [5.74, 6) is 0. The Morgan fingerprint density at radius 2 is 0.578 bits per heavy atom. The van der Waals surface area contributed by atoms with E-state index in [4.69, 9.17) is 0 Å². The van der Waals surface area contributed by atoms with Crippen LogP contribution in [0, 0.1) is 0 Å². The molecule has 0 aromatic carbocycles. The lowest BCUT2D eigenvalue weighted by Gasteiger charge is -2.30. The standard InChI is InChI=1S/C42H84N2S/c1-7-9-11-13-15-17-19-21-23-25-27-29-31-33-37-43(3,4)39-41-35-36-42(45-41)40-44(5,6)38-34-32-30-28-26-24-22-20-18-16-14-12-10-8-2/h35-36H,7-34,37-40H2,1-6H3/q+2. The van der Waals surface area contributed by atoms with Crippen molar-refractivity contribution in [1.29, 1.82) is 0 Å². The summed E-state index contributed by atoms with van der Waals surface area (Å²) in [7, 11) is 9.77. The number of unbranched alkanes of at least 4 members (excludes halogenated alkanes) is 26. The predicted octanol–water partition coefficient (Wildman–Crippen LogP) is 13.9. The molecule has 45 heavy (non-hydrogen) atoms. The van der Waals surface area contributed by atoms with Crippen LogP contribution in [-0.4, -0.2) is 50.2 Å². The number of rotatable bonds is 34. The van der Waals surface area contributed by atoms with Crippen molar-refractivity contribution in [2.24, 2.45) is 0 Å². The van der Waals surface area contributed by atoms with Crippen LogP contribution in [0.4, 0.5) is 0 Å². The van der Waals surface area contributed by atoms with Crippen molar-refractivity contribution >= 4 is 11.3 Å². The van der Waals surface area contributed by atoms with Crippen molar-refractivity contribution in [2.45, 2.75) is 207 Å². The molecule has 0 aliphatic heterocycles. The topological polar surface area (TPSA) is 0 Å². The van der Waals surface area contributed by atoms with E-state index in [1.807, 2.05) is 0 Å². The van der Waals surface area contributed by atoms with Gasteiger partial charge in [-0.3, -0.25) is 0 Å². The third-order valence-corrected chi connectivity index (χ3v) is 11.2. The number of thiophene rings is 1. The van der Waals surface area contributed by atoms with Crippen LogP contribution in [0.2, 0.25) is 0 Å². The molecule has 0 atom stereocenters. The Labute approximate surface area is 289 Å². The molecule has 0 N–H and O–H groups in total. The number of hydrogen-bond donors (Lipinski definition) is 0. The van der Waals surface area contributed by atoms with Gasteiger partial charge in [-0.1, -0.05) is 168 Å². The van der Waals surface area contributed by atoms with Gasteiger partial charge in [0.2, 0.25) is 0 Å². The lowest BCUT2D eigenvalue weighted by atomic mass is 10.0. The van der Waals surface area contributed by atoms with Crippen molar-refractivity contribution in [1.82, 2.24) is 0 Å². The Bertz CT molecular complexity index is 691. The van der Waals surface area contributed by atoms with E-state index in [1.165, 1.54) is 206 Å². The van der Waals surface area contributed by atoms with Gasteiger partial charge in [-0.15, -0.1) is 11.3 Å². The molecular formula is C42H84N2S+2. The fourth-order valence-corrected chi connectivity index (χ4v) is 8.50. The van der Waals surface area contributed by atoms with Crippen LogP contribution in [0.15, 0.2) is 12.1 Å². The molecule has 0 amide bonds. The lowest BCUT2D eigenvalue weighted by Crippen LogP contribution is -2.39. The first-order chi connectivity index (χ1) is 21.8. The van der Waals surface area contributed by atoms with E-state index in [0.717, 1.165) is 8.97 Å². The molecule has 1 rings (SSSR count). The molecule has 0 aliphatic rings. The van der Waals surface area contributed by atoms with Crippen LogP contribution in [0.3, 0.4) is 0 Å².